The van der Waals surface area contributed by atoms with Crippen LogP contribution in [0.4, 0.5) is 5.00 Å². The molecule has 0 radical (unpaired) electrons. The van der Waals surface area contributed by atoms with Crippen molar-refractivity contribution < 1.29 is 14.3 Å². The minimum atomic E-state index is -0.625. The van der Waals surface area contributed by atoms with Crippen LogP contribution in [0.3, 0.4) is 0 Å². The smallest absolute Gasteiger partial charge is 0.266 e. The normalized spacial score (nSPS) is 14.8. The molecule has 6 heteroatoms. The minimum Gasteiger partial charge on any atom is -0.481 e. The Hall–Kier alpha value is -2.34. The number of aryl methyl sites for hydroxylation is 1. The largest absolute Gasteiger partial charge is 0.481 e. The predicted molar refractivity (Wildman–Crippen MR) is 104 cm³/mol. The Kier molecular flexibility index (Phi) is 5.93. The van der Waals surface area contributed by atoms with E-state index in [9.17, 15) is 9.59 Å². The van der Waals surface area contributed by atoms with Crippen molar-refractivity contribution in [1.29, 1.82) is 0 Å². The third-order valence-corrected chi connectivity index (χ3v) is 5.80. The zero-order valence-corrected chi connectivity index (χ0v) is 15.7. The molecule has 0 saturated carbocycles. The molecule has 1 atom stereocenters. The number of hydrogen-bond donors (Lipinski definition) is 2. The second-order valence-corrected chi connectivity index (χ2v) is 7.56. The highest BCUT2D eigenvalue weighted by Crippen LogP contribution is 2.37. The van der Waals surface area contributed by atoms with E-state index in [0.29, 0.717) is 22.7 Å². The summed E-state index contributed by atoms with van der Waals surface area (Å²) in [6.07, 6.45) is 4.99. The van der Waals surface area contributed by atoms with Gasteiger partial charge in [-0.3, -0.25) is 9.59 Å². The predicted octanol–water partition coefficient (Wildman–Crippen LogP) is 3.91. The number of nitrogens with one attached hydrogen (secondary N) is 1. The van der Waals surface area contributed by atoms with Gasteiger partial charge in [-0.2, -0.15) is 0 Å². The van der Waals surface area contributed by atoms with Gasteiger partial charge >= 0.3 is 0 Å². The molecule has 0 saturated heterocycles. The number of nitrogens with two attached hydrogens (primary N) is 1. The molecule has 1 aromatic heterocycles. The monoisotopic (exact) mass is 372 g/mol. The quantitative estimate of drug-likeness (QED) is 0.754. The standard InChI is InChI=1S/C20H24N2O3S/c1-2-15(25-13-9-5-3-6-10-13)19(24)22-20-17(18(21)23)14-11-7-4-8-12-16(14)26-20/h3,5-6,9-10,15H,2,4,7-8,11-12H2,1H3,(H2,21,23)(H,22,24)/t15-/m0/s1. The van der Waals surface area contributed by atoms with Crippen LogP contribution >= 0.6 is 11.3 Å². The Morgan fingerprint density at radius 3 is 2.62 bits per heavy atom. The second kappa shape index (κ2) is 8.36. The van der Waals surface area contributed by atoms with Crippen LogP contribution in [0.1, 0.15) is 53.4 Å². The fourth-order valence-corrected chi connectivity index (χ4v) is 4.57. The van der Waals surface area contributed by atoms with Crippen molar-refractivity contribution in [1.82, 2.24) is 0 Å². The van der Waals surface area contributed by atoms with Crippen LogP contribution in [0.25, 0.3) is 0 Å². The van der Waals surface area contributed by atoms with Gasteiger partial charge in [-0.15, -0.1) is 11.3 Å². The van der Waals surface area contributed by atoms with Crippen LogP contribution < -0.4 is 15.8 Å². The summed E-state index contributed by atoms with van der Waals surface area (Å²) in [7, 11) is 0. The molecule has 1 aliphatic carbocycles. The van der Waals surface area contributed by atoms with Crippen molar-refractivity contribution in [2.24, 2.45) is 5.73 Å². The molecule has 2 amide bonds. The molecular formula is C20H24N2O3S. The SMILES string of the molecule is CC[C@H](Oc1ccccc1)C(=O)Nc1sc2c(c1C(N)=O)CCCCC2. The van der Waals surface area contributed by atoms with Crippen LogP contribution in [0.5, 0.6) is 5.75 Å². The molecule has 3 N–H and O–H groups in total. The first-order valence-electron chi connectivity index (χ1n) is 9.07. The molecule has 5 nitrogen and oxygen atoms in total. The van der Waals surface area contributed by atoms with Crippen molar-refractivity contribution in [3.8, 4) is 5.75 Å². The van der Waals surface area contributed by atoms with Crippen LogP contribution in [0.15, 0.2) is 30.3 Å². The minimum absolute atomic E-state index is 0.254. The average molecular weight is 372 g/mol. The van der Waals surface area contributed by atoms with Gasteiger partial charge in [0.05, 0.1) is 5.56 Å². The number of carbonyl (C=O) groups is 2. The average Bonchev–Trinajstić information content (AvgIpc) is 2.81. The summed E-state index contributed by atoms with van der Waals surface area (Å²) < 4.78 is 5.80. The first kappa shape index (κ1) is 18.5. The van der Waals surface area contributed by atoms with Crippen LogP contribution in [-0.2, 0) is 17.6 Å². The molecule has 1 heterocycles. The van der Waals surface area contributed by atoms with E-state index >= 15 is 0 Å². The third kappa shape index (κ3) is 4.07. The molecule has 1 aromatic carbocycles. The Morgan fingerprint density at radius 2 is 1.92 bits per heavy atom. The Balaban J connectivity index is 1.80. The summed E-state index contributed by atoms with van der Waals surface area (Å²) in [5.74, 6) is -0.0847. The van der Waals surface area contributed by atoms with Crippen molar-refractivity contribution in [2.45, 2.75) is 51.6 Å². The van der Waals surface area contributed by atoms with Gasteiger partial charge in [-0.25, -0.2) is 0 Å². The molecule has 0 bridgehead atoms. The van der Waals surface area contributed by atoms with Crippen molar-refractivity contribution in [3.63, 3.8) is 0 Å². The van der Waals surface area contributed by atoms with E-state index in [1.807, 2.05) is 37.3 Å². The van der Waals surface area contributed by atoms with Gasteiger partial charge in [0.1, 0.15) is 10.8 Å². The Morgan fingerprint density at radius 1 is 1.19 bits per heavy atom. The van der Waals surface area contributed by atoms with E-state index in [1.165, 1.54) is 16.2 Å². The summed E-state index contributed by atoms with van der Waals surface area (Å²) >= 11 is 1.48. The van der Waals surface area contributed by atoms with Gasteiger partial charge in [0.25, 0.3) is 11.8 Å². The summed E-state index contributed by atoms with van der Waals surface area (Å²) in [5, 5.41) is 3.45. The number of ether oxygens (including phenoxy) is 1. The molecule has 26 heavy (non-hydrogen) atoms. The van der Waals surface area contributed by atoms with E-state index in [-0.39, 0.29) is 5.91 Å². The Bertz CT molecular complexity index is 786. The molecule has 0 unspecified atom stereocenters. The van der Waals surface area contributed by atoms with Crippen molar-refractivity contribution >= 4 is 28.2 Å². The van der Waals surface area contributed by atoms with Gasteiger partial charge < -0.3 is 15.8 Å². The number of anilines is 1. The number of para-hydroxylation sites is 1. The third-order valence-electron chi connectivity index (χ3n) is 4.59. The maximum absolute atomic E-state index is 12.7. The topological polar surface area (TPSA) is 81.4 Å². The number of amides is 2. The molecule has 138 valence electrons. The Labute approximate surface area is 157 Å². The number of thiophene rings is 1. The zero-order valence-electron chi connectivity index (χ0n) is 14.9. The molecule has 3 rings (SSSR count). The number of benzene rings is 1. The number of fused-ring (bicyclic) bond motifs is 1. The summed E-state index contributed by atoms with van der Waals surface area (Å²) in [6, 6.07) is 9.25. The highest BCUT2D eigenvalue weighted by molar-refractivity contribution is 7.17. The lowest BCUT2D eigenvalue weighted by Crippen LogP contribution is -2.32. The van der Waals surface area contributed by atoms with Crippen LogP contribution in [0, 0.1) is 0 Å². The summed E-state index contributed by atoms with van der Waals surface area (Å²) in [4.78, 5) is 25.9. The number of hydrogen-bond acceptors (Lipinski definition) is 4. The lowest BCUT2D eigenvalue weighted by molar-refractivity contribution is -0.122. The van der Waals surface area contributed by atoms with E-state index in [1.54, 1.807) is 0 Å². The number of rotatable bonds is 6. The summed E-state index contributed by atoms with van der Waals surface area (Å²) in [5.41, 5.74) is 7.13. The van der Waals surface area contributed by atoms with Gasteiger partial charge in [0, 0.05) is 4.88 Å². The van der Waals surface area contributed by atoms with Crippen LogP contribution in [-0.4, -0.2) is 17.9 Å². The number of carbonyl (C=O) groups excluding carboxylic acids is 2. The fraction of sp³-hybridized carbons (Fsp3) is 0.400. The maximum Gasteiger partial charge on any atom is 0.266 e. The molecule has 2 aromatic rings. The van der Waals surface area contributed by atoms with Crippen molar-refractivity contribution in [2.75, 3.05) is 5.32 Å². The lowest BCUT2D eigenvalue weighted by Gasteiger charge is -2.17. The second-order valence-electron chi connectivity index (χ2n) is 6.45. The van der Waals surface area contributed by atoms with E-state index in [0.717, 1.165) is 37.7 Å². The number of primary amides is 1. The van der Waals surface area contributed by atoms with Gasteiger partial charge in [-0.05, 0) is 49.8 Å². The molecule has 1 aliphatic rings. The molecule has 0 fully saturated rings. The molecule has 0 aliphatic heterocycles. The van der Waals surface area contributed by atoms with Gasteiger partial charge in [-0.1, -0.05) is 31.5 Å². The zero-order chi connectivity index (χ0) is 18.5. The van der Waals surface area contributed by atoms with Crippen molar-refractivity contribution in [3.05, 3.63) is 46.3 Å². The maximum atomic E-state index is 12.7. The van der Waals surface area contributed by atoms with Crippen LogP contribution in [0.2, 0.25) is 0 Å². The molecule has 0 spiro atoms. The van der Waals surface area contributed by atoms with Gasteiger partial charge in [0.15, 0.2) is 6.10 Å². The van der Waals surface area contributed by atoms with E-state index in [4.69, 9.17) is 10.5 Å². The first-order valence-corrected chi connectivity index (χ1v) is 9.88. The van der Waals surface area contributed by atoms with E-state index in [2.05, 4.69) is 5.32 Å². The molecular weight excluding hydrogens is 348 g/mol. The van der Waals surface area contributed by atoms with E-state index < -0.39 is 12.0 Å². The highest BCUT2D eigenvalue weighted by atomic mass is 32.1. The summed E-state index contributed by atoms with van der Waals surface area (Å²) in [6.45, 7) is 1.89. The highest BCUT2D eigenvalue weighted by Gasteiger charge is 2.26. The van der Waals surface area contributed by atoms with Gasteiger partial charge in [0.2, 0.25) is 0 Å². The first-order chi connectivity index (χ1) is 12.6. The lowest BCUT2D eigenvalue weighted by atomic mass is 10.1. The fourth-order valence-electron chi connectivity index (χ4n) is 3.27.